The van der Waals surface area contributed by atoms with E-state index in [1.54, 1.807) is 0 Å². The van der Waals surface area contributed by atoms with Crippen LogP contribution in [0.25, 0.3) is 0 Å². The summed E-state index contributed by atoms with van der Waals surface area (Å²) < 4.78 is 25.5. The van der Waals surface area contributed by atoms with E-state index in [-0.39, 0.29) is 30.3 Å². The zero-order chi connectivity index (χ0) is 23.2. The van der Waals surface area contributed by atoms with Gasteiger partial charge in [0, 0.05) is 5.92 Å². The minimum absolute atomic E-state index is 0.0857. The van der Waals surface area contributed by atoms with Crippen LogP contribution in [-0.4, -0.2) is 50.4 Å². The summed E-state index contributed by atoms with van der Waals surface area (Å²) in [6.45, 7) is 12.7. The predicted octanol–water partition coefficient (Wildman–Crippen LogP) is 3.44. The predicted molar refractivity (Wildman–Crippen MR) is 127 cm³/mol. The minimum atomic E-state index is -2.75. The largest absolute Gasteiger partial charge is 0.404 e. The van der Waals surface area contributed by atoms with Crippen LogP contribution in [0.2, 0.25) is 5.04 Å². The van der Waals surface area contributed by atoms with E-state index in [0.717, 1.165) is 0 Å². The SMILES string of the molecule is C[C@H]1[C@H]2OC(C)(C)O[C@H]2O[C@]1(CO)CO[Si](c1ccccc1)(c1ccccc1)C(C)(C)C. The van der Waals surface area contributed by atoms with E-state index in [4.69, 9.17) is 18.6 Å². The minimum Gasteiger partial charge on any atom is -0.404 e. The van der Waals surface area contributed by atoms with Crippen molar-refractivity contribution in [2.45, 2.75) is 70.4 Å². The van der Waals surface area contributed by atoms with E-state index < -0.39 is 26.0 Å². The molecule has 0 aromatic heterocycles. The smallest absolute Gasteiger partial charge is 0.261 e. The molecule has 2 saturated heterocycles. The normalized spacial score (nSPS) is 29.8. The lowest BCUT2D eigenvalue weighted by Crippen LogP contribution is -2.68. The van der Waals surface area contributed by atoms with E-state index in [9.17, 15) is 5.11 Å². The number of ether oxygens (including phenoxy) is 3. The van der Waals surface area contributed by atoms with Crippen LogP contribution in [0.3, 0.4) is 0 Å². The molecule has 0 aliphatic carbocycles. The molecule has 0 bridgehead atoms. The fraction of sp³-hybridized carbons (Fsp3) is 0.538. The molecular weight excluding hydrogens is 420 g/mol. The van der Waals surface area contributed by atoms with Gasteiger partial charge in [-0.1, -0.05) is 88.4 Å². The van der Waals surface area contributed by atoms with E-state index in [2.05, 4.69) is 76.2 Å². The maximum absolute atomic E-state index is 10.5. The van der Waals surface area contributed by atoms with Crippen molar-refractivity contribution in [1.82, 2.24) is 0 Å². The molecule has 0 spiro atoms. The third-order valence-corrected chi connectivity index (χ3v) is 12.0. The molecule has 5 nitrogen and oxygen atoms in total. The second-order valence-electron chi connectivity index (χ2n) is 10.5. The standard InChI is InChI=1S/C26H36O5Si/c1-19-22-23(30-25(5,6)29-22)31-26(19,17-27)18-28-32(24(2,3)4,20-13-9-7-10-14-20)21-15-11-8-12-16-21/h7-16,19,22-23,27H,17-18H2,1-6H3/t19-,22+,23-,26+/m0/s1. The summed E-state index contributed by atoms with van der Waals surface area (Å²) in [6, 6.07) is 21.0. The Morgan fingerprint density at radius 2 is 1.44 bits per heavy atom. The van der Waals surface area contributed by atoms with Crippen LogP contribution < -0.4 is 10.4 Å². The Balaban J connectivity index is 1.73. The maximum Gasteiger partial charge on any atom is 0.261 e. The van der Waals surface area contributed by atoms with Gasteiger partial charge in [-0.3, -0.25) is 0 Å². The Labute approximate surface area is 192 Å². The third-order valence-electron chi connectivity index (χ3n) is 6.98. The van der Waals surface area contributed by atoms with Crippen molar-refractivity contribution in [3.8, 4) is 0 Å². The molecule has 2 aromatic carbocycles. The van der Waals surface area contributed by atoms with Crippen molar-refractivity contribution in [2.24, 2.45) is 5.92 Å². The zero-order valence-corrected chi connectivity index (χ0v) is 21.0. The van der Waals surface area contributed by atoms with Gasteiger partial charge >= 0.3 is 0 Å². The summed E-state index contributed by atoms with van der Waals surface area (Å²) in [5, 5.41) is 12.8. The molecule has 2 aliphatic heterocycles. The number of hydrogen-bond donors (Lipinski definition) is 1. The van der Waals surface area contributed by atoms with Gasteiger partial charge in [0.05, 0.1) is 13.2 Å². The van der Waals surface area contributed by atoms with E-state index >= 15 is 0 Å². The first-order valence-electron chi connectivity index (χ1n) is 11.4. The number of benzene rings is 2. The van der Waals surface area contributed by atoms with Gasteiger partial charge in [-0.05, 0) is 29.3 Å². The van der Waals surface area contributed by atoms with Crippen LogP contribution in [-0.2, 0) is 18.6 Å². The lowest BCUT2D eigenvalue weighted by molar-refractivity contribution is -0.243. The summed E-state index contributed by atoms with van der Waals surface area (Å²) in [6.07, 6.45) is -0.741. The van der Waals surface area contributed by atoms with Gasteiger partial charge in [-0.25, -0.2) is 0 Å². The molecule has 2 fully saturated rings. The van der Waals surface area contributed by atoms with Gasteiger partial charge in [0.15, 0.2) is 12.1 Å². The quantitative estimate of drug-likeness (QED) is 0.675. The van der Waals surface area contributed by atoms with E-state index in [1.165, 1.54) is 10.4 Å². The molecule has 174 valence electrons. The van der Waals surface area contributed by atoms with Crippen molar-refractivity contribution in [3.05, 3.63) is 60.7 Å². The summed E-state index contributed by atoms with van der Waals surface area (Å²) in [7, 11) is -2.75. The highest BCUT2D eigenvalue weighted by Crippen LogP contribution is 2.47. The summed E-state index contributed by atoms with van der Waals surface area (Å²) in [5.74, 6) is -0.776. The highest BCUT2D eigenvalue weighted by molar-refractivity contribution is 6.99. The molecule has 4 rings (SSSR count). The van der Waals surface area contributed by atoms with Crippen LogP contribution >= 0.6 is 0 Å². The average Bonchev–Trinajstić information content (AvgIpc) is 3.19. The van der Waals surface area contributed by atoms with Crippen LogP contribution in [0.5, 0.6) is 0 Å². The Bertz CT molecular complexity index is 871. The Kier molecular flexibility index (Phi) is 6.16. The first-order valence-corrected chi connectivity index (χ1v) is 13.3. The van der Waals surface area contributed by atoms with Crippen molar-refractivity contribution in [3.63, 3.8) is 0 Å². The number of hydrogen-bond acceptors (Lipinski definition) is 5. The number of fused-ring (bicyclic) bond motifs is 1. The Morgan fingerprint density at radius 3 is 1.88 bits per heavy atom. The fourth-order valence-corrected chi connectivity index (χ4v) is 9.83. The summed E-state index contributed by atoms with van der Waals surface area (Å²) >= 11 is 0. The molecule has 0 amide bonds. The average molecular weight is 457 g/mol. The van der Waals surface area contributed by atoms with Gasteiger partial charge in [-0.15, -0.1) is 0 Å². The van der Waals surface area contributed by atoms with Crippen LogP contribution in [0.4, 0.5) is 0 Å². The highest BCUT2D eigenvalue weighted by atomic mass is 28.4. The second kappa shape index (κ2) is 8.35. The topological polar surface area (TPSA) is 57.2 Å². The molecule has 6 heteroatoms. The third kappa shape index (κ3) is 3.87. The molecule has 0 unspecified atom stereocenters. The van der Waals surface area contributed by atoms with Crippen molar-refractivity contribution in [2.75, 3.05) is 13.2 Å². The van der Waals surface area contributed by atoms with Gasteiger partial charge in [0.1, 0.15) is 11.7 Å². The van der Waals surface area contributed by atoms with Crippen LogP contribution in [0.1, 0.15) is 41.5 Å². The van der Waals surface area contributed by atoms with Crippen LogP contribution in [0.15, 0.2) is 60.7 Å². The zero-order valence-electron chi connectivity index (χ0n) is 20.0. The van der Waals surface area contributed by atoms with E-state index in [0.29, 0.717) is 0 Å². The van der Waals surface area contributed by atoms with Gasteiger partial charge in [0.2, 0.25) is 0 Å². The van der Waals surface area contributed by atoms with Crippen molar-refractivity contribution in [1.29, 1.82) is 0 Å². The first-order chi connectivity index (χ1) is 15.0. The molecule has 32 heavy (non-hydrogen) atoms. The van der Waals surface area contributed by atoms with Gasteiger partial charge in [0.25, 0.3) is 8.32 Å². The van der Waals surface area contributed by atoms with Crippen LogP contribution in [0, 0.1) is 5.92 Å². The monoisotopic (exact) mass is 456 g/mol. The lowest BCUT2D eigenvalue weighted by atomic mass is 9.88. The molecule has 2 aromatic rings. The van der Waals surface area contributed by atoms with Gasteiger partial charge < -0.3 is 23.7 Å². The molecule has 2 heterocycles. The Hall–Kier alpha value is -1.54. The number of aliphatic hydroxyl groups excluding tert-OH is 1. The maximum atomic E-state index is 10.5. The molecular formula is C26H36O5Si. The van der Waals surface area contributed by atoms with E-state index in [1.807, 2.05) is 26.0 Å². The molecule has 4 atom stereocenters. The first kappa shape index (κ1) is 23.6. The Morgan fingerprint density at radius 1 is 0.906 bits per heavy atom. The lowest BCUT2D eigenvalue weighted by Gasteiger charge is -2.45. The van der Waals surface area contributed by atoms with Crippen molar-refractivity contribution >= 4 is 18.7 Å². The van der Waals surface area contributed by atoms with Gasteiger partial charge in [-0.2, -0.15) is 0 Å². The summed E-state index contributed by atoms with van der Waals surface area (Å²) in [5.41, 5.74) is -0.890. The molecule has 2 aliphatic rings. The van der Waals surface area contributed by atoms with Crippen molar-refractivity contribution < 1.29 is 23.7 Å². The molecule has 1 N–H and O–H groups in total. The fourth-order valence-electron chi connectivity index (χ4n) is 5.21. The highest BCUT2D eigenvalue weighted by Gasteiger charge is 2.61. The number of aliphatic hydroxyl groups is 1. The molecule has 0 radical (unpaired) electrons. The molecule has 0 saturated carbocycles. The number of rotatable bonds is 6. The second-order valence-corrected chi connectivity index (χ2v) is 14.9. The summed E-state index contributed by atoms with van der Waals surface area (Å²) in [4.78, 5) is 0.